The van der Waals surface area contributed by atoms with Crippen LogP contribution in [0.3, 0.4) is 0 Å². The van der Waals surface area contributed by atoms with Crippen molar-refractivity contribution in [3.8, 4) is 11.5 Å². The maximum absolute atomic E-state index is 13.6. The number of fused-ring (bicyclic) bond motifs is 3. The lowest BCUT2D eigenvalue weighted by molar-refractivity contribution is -0.152. The van der Waals surface area contributed by atoms with Gasteiger partial charge in [0.1, 0.15) is 17.5 Å². The summed E-state index contributed by atoms with van der Waals surface area (Å²) in [4.78, 5) is 38.1. The highest BCUT2D eigenvalue weighted by molar-refractivity contribution is 7.99. The number of hydrogen-bond donors (Lipinski definition) is 2. The van der Waals surface area contributed by atoms with E-state index in [2.05, 4.69) is 15.3 Å². The standard InChI is InChI=1S/C29H26N4O5S/c34-27(12-18-5-6-26-24(11-18)38-23-3-1-2-4-25(23)39-26)33-17-29(36-9-10-37-29)14-22(33)28(35)31-16-20-13-19-15-30-8-7-21(19)32-20/h1-8,11,13,15,22,32H,9-10,12,14,16-17H2,(H,31,35). The summed E-state index contributed by atoms with van der Waals surface area (Å²) in [6.07, 6.45) is 3.92. The first-order chi connectivity index (χ1) is 19.1. The highest BCUT2D eigenvalue weighted by Crippen LogP contribution is 2.47. The van der Waals surface area contributed by atoms with Crippen LogP contribution in [0.25, 0.3) is 10.9 Å². The number of aromatic nitrogens is 2. The molecule has 1 unspecified atom stereocenters. The molecule has 198 valence electrons. The molecule has 39 heavy (non-hydrogen) atoms. The molecule has 0 bridgehead atoms. The molecule has 2 fully saturated rings. The number of nitrogens with one attached hydrogen (secondary N) is 2. The van der Waals surface area contributed by atoms with Gasteiger partial charge in [0.05, 0.1) is 42.5 Å². The molecule has 2 saturated heterocycles. The molecule has 2 aromatic heterocycles. The minimum Gasteiger partial charge on any atom is -0.455 e. The molecule has 0 saturated carbocycles. The fourth-order valence-corrected chi connectivity index (χ4v) is 6.36. The average Bonchev–Trinajstić information content (AvgIpc) is 3.69. The highest BCUT2D eigenvalue weighted by atomic mass is 32.2. The van der Waals surface area contributed by atoms with Crippen molar-refractivity contribution >= 4 is 34.5 Å². The zero-order valence-electron chi connectivity index (χ0n) is 21.0. The van der Waals surface area contributed by atoms with E-state index in [0.717, 1.165) is 43.5 Å². The van der Waals surface area contributed by atoms with Gasteiger partial charge < -0.3 is 29.4 Å². The molecule has 9 nitrogen and oxygen atoms in total. The molecule has 7 rings (SSSR count). The Labute approximate surface area is 228 Å². The van der Waals surface area contributed by atoms with Crippen LogP contribution in [0.2, 0.25) is 0 Å². The van der Waals surface area contributed by atoms with Crippen molar-refractivity contribution < 1.29 is 23.8 Å². The van der Waals surface area contributed by atoms with Gasteiger partial charge in [-0.25, -0.2) is 0 Å². The largest absolute Gasteiger partial charge is 0.455 e. The van der Waals surface area contributed by atoms with Crippen LogP contribution in [0.4, 0.5) is 0 Å². The van der Waals surface area contributed by atoms with Crippen LogP contribution in [0.5, 0.6) is 11.5 Å². The van der Waals surface area contributed by atoms with Crippen molar-refractivity contribution in [2.24, 2.45) is 0 Å². The maximum atomic E-state index is 13.6. The Morgan fingerprint density at radius 3 is 2.79 bits per heavy atom. The van der Waals surface area contributed by atoms with Gasteiger partial charge in [0, 0.05) is 35.4 Å². The van der Waals surface area contributed by atoms with Gasteiger partial charge in [0.2, 0.25) is 11.8 Å². The zero-order chi connectivity index (χ0) is 26.4. The second-order valence-corrected chi connectivity index (χ2v) is 11.0. The Morgan fingerprint density at radius 2 is 1.92 bits per heavy atom. The number of pyridine rings is 1. The molecule has 5 heterocycles. The number of rotatable bonds is 5. The lowest BCUT2D eigenvalue weighted by Crippen LogP contribution is -2.46. The van der Waals surface area contributed by atoms with Crippen molar-refractivity contribution in [2.75, 3.05) is 19.8 Å². The SMILES string of the molecule is O=C(NCc1cc2cnccc2[nH]1)C1CC2(CN1C(=O)Cc1ccc3c(c1)Oc1ccccc1S3)OCCO2. The zero-order valence-corrected chi connectivity index (χ0v) is 21.8. The van der Waals surface area contributed by atoms with Crippen molar-refractivity contribution in [1.29, 1.82) is 0 Å². The van der Waals surface area contributed by atoms with Crippen LogP contribution < -0.4 is 10.1 Å². The second kappa shape index (κ2) is 9.71. The van der Waals surface area contributed by atoms with Crippen LogP contribution in [0.15, 0.2) is 76.8 Å². The molecule has 0 radical (unpaired) electrons. The number of para-hydroxylation sites is 1. The molecule has 2 N–H and O–H groups in total. The van der Waals surface area contributed by atoms with Gasteiger partial charge in [0.15, 0.2) is 5.79 Å². The molecule has 3 aliphatic heterocycles. The number of carbonyl (C=O) groups excluding carboxylic acids is 2. The monoisotopic (exact) mass is 542 g/mol. The van der Waals surface area contributed by atoms with E-state index in [1.165, 1.54) is 0 Å². The Kier molecular flexibility index (Phi) is 6.03. The van der Waals surface area contributed by atoms with E-state index >= 15 is 0 Å². The number of aromatic amines is 1. The predicted molar refractivity (Wildman–Crippen MR) is 143 cm³/mol. The Hall–Kier alpha value is -3.86. The molecule has 1 spiro atoms. The third-order valence-electron chi connectivity index (χ3n) is 7.31. The summed E-state index contributed by atoms with van der Waals surface area (Å²) in [5.74, 6) is 0.194. The van der Waals surface area contributed by atoms with Gasteiger partial charge in [0.25, 0.3) is 0 Å². The molecule has 1 atom stereocenters. The minimum absolute atomic E-state index is 0.137. The average molecular weight is 543 g/mol. The Balaban J connectivity index is 1.07. The fourth-order valence-electron chi connectivity index (χ4n) is 5.43. The number of likely N-dealkylation sites (tertiary alicyclic amines) is 1. The molecular weight excluding hydrogens is 516 g/mol. The third kappa shape index (κ3) is 4.64. The molecule has 3 aliphatic rings. The predicted octanol–water partition coefficient (Wildman–Crippen LogP) is 4.02. The lowest BCUT2D eigenvalue weighted by atomic mass is 10.1. The number of ether oxygens (including phenoxy) is 3. The first kappa shape index (κ1) is 24.2. The quantitative estimate of drug-likeness (QED) is 0.346. The van der Waals surface area contributed by atoms with Crippen molar-refractivity contribution in [1.82, 2.24) is 20.2 Å². The number of hydrogen-bond acceptors (Lipinski definition) is 7. The van der Waals surface area contributed by atoms with E-state index in [1.807, 2.05) is 54.6 Å². The van der Waals surface area contributed by atoms with Gasteiger partial charge in [-0.2, -0.15) is 0 Å². The first-order valence-electron chi connectivity index (χ1n) is 12.9. The molecule has 2 amide bonds. The molecule has 4 aromatic rings. The summed E-state index contributed by atoms with van der Waals surface area (Å²) in [5, 5.41) is 3.96. The fraction of sp³-hybridized carbons (Fsp3) is 0.276. The smallest absolute Gasteiger partial charge is 0.243 e. The minimum atomic E-state index is -0.941. The van der Waals surface area contributed by atoms with Gasteiger partial charge in [-0.1, -0.05) is 30.0 Å². The van der Waals surface area contributed by atoms with Gasteiger partial charge in [-0.05, 0) is 42.0 Å². The van der Waals surface area contributed by atoms with E-state index in [1.54, 1.807) is 29.1 Å². The number of H-pyrrole nitrogens is 1. The van der Waals surface area contributed by atoms with E-state index in [9.17, 15) is 9.59 Å². The molecule has 10 heteroatoms. The third-order valence-corrected chi connectivity index (χ3v) is 8.43. The van der Waals surface area contributed by atoms with Gasteiger partial charge in [-0.3, -0.25) is 14.6 Å². The number of amides is 2. The van der Waals surface area contributed by atoms with Crippen molar-refractivity contribution in [3.05, 3.63) is 78.2 Å². The summed E-state index contributed by atoms with van der Waals surface area (Å²) in [7, 11) is 0. The van der Waals surface area contributed by atoms with Crippen molar-refractivity contribution in [2.45, 2.75) is 41.0 Å². The Bertz CT molecular complexity index is 1550. The first-order valence-corrected chi connectivity index (χ1v) is 13.7. The normalized spacial score (nSPS) is 19.1. The van der Waals surface area contributed by atoms with Gasteiger partial charge >= 0.3 is 0 Å². The van der Waals surface area contributed by atoms with E-state index in [-0.39, 0.29) is 24.8 Å². The molecular formula is C29H26N4O5S. The summed E-state index contributed by atoms with van der Waals surface area (Å²) in [6, 6.07) is 16.9. The number of carbonyl (C=O) groups is 2. The van der Waals surface area contributed by atoms with E-state index < -0.39 is 11.8 Å². The van der Waals surface area contributed by atoms with Crippen LogP contribution in [-0.4, -0.2) is 58.3 Å². The lowest BCUT2D eigenvalue weighted by Gasteiger charge is -2.25. The van der Waals surface area contributed by atoms with E-state index in [0.29, 0.717) is 26.2 Å². The highest BCUT2D eigenvalue weighted by Gasteiger charge is 2.52. The van der Waals surface area contributed by atoms with Crippen LogP contribution >= 0.6 is 11.8 Å². The number of nitrogens with zero attached hydrogens (tertiary/aromatic N) is 2. The Morgan fingerprint density at radius 1 is 1.08 bits per heavy atom. The topological polar surface area (TPSA) is 106 Å². The number of benzene rings is 2. The maximum Gasteiger partial charge on any atom is 0.243 e. The van der Waals surface area contributed by atoms with Crippen molar-refractivity contribution in [3.63, 3.8) is 0 Å². The second-order valence-electron chi connectivity index (χ2n) is 9.93. The molecule has 2 aromatic carbocycles. The van der Waals surface area contributed by atoms with Gasteiger partial charge in [-0.15, -0.1) is 0 Å². The van der Waals surface area contributed by atoms with E-state index in [4.69, 9.17) is 14.2 Å². The summed E-state index contributed by atoms with van der Waals surface area (Å²) < 4.78 is 17.9. The van der Waals surface area contributed by atoms with Crippen LogP contribution in [-0.2, 0) is 32.0 Å². The summed E-state index contributed by atoms with van der Waals surface area (Å²) >= 11 is 1.64. The molecule has 0 aliphatic carbocycles. The van der Waals surface area contributed by atoms with Crippen LogP contribution in [0, 0.1) is 0 Å². The summed E-state index contributed by atoms with van der Waals surface area (Å²) in [5.41, 5.74) is 2.63. The van der Waals surface area contributed by atoms with Crippen LogP contribution in [0.1, 0.15) is 17.7 Å². The summed E-state index contributed by atoms with van der Waals surface area (Å²) in [6.45, 7) is 1.41.